The highest BCUT2D eigenvalue weighted by atomic mass is 16.6. The van der Waals surface area contributed by atoms with Gasteiger partial charge in [-0.3, -0.25) is 14.9 Å². The van der Waals surface area contributed by atoms with Crippen LogP contribution in [0.3, 0.4) is 0 Å². The number of rotatable bonds is 7. The van der Waals surface area contributed by atoms with Gasteiger partial charge in [-0.2, -0.15) is 5.26 Å². The Hall–Kier alpha value is -4.06. The average molecular weight is 396 g/mol. The molecule has 0 aliphatic rings. The number of amides is 1. The molecule has 0 fully saturated rings. The summed E-state index contributed by atoms with van der Waals surface area (Å²) in [5.74, 6) is -0.140. The Morgan fingerprint density at radius 2 is 1.97 bits per heavy atom. The molecule has 0 radical (unpaired) electrons. The number of benzene rings is 2. The number of anilines is 3. The van der Waals surface area contributed by atoms with Gasteiger partial charge < -0.3 is 21.7 Å². The van der Waals surface area contributed by atoms with Crippen LogP contribution in [0.15, 0.2) is 55.1 Å². The molecule has 9 heteroatoms. The number of nitrogens with two attached hydrogens (primary N) is 2. The van der Waals surface area contributed by atoms with Crippen molar-refractivity contribution in [2.24, 2.45) is 0 Å². The molecule has 0 saturated carbocycles. The molecule has 0 heterocycles. The smallest absolute Gasteiger partial charge is 0.270 e. The second-order valence-corrected chi connectivity index (χ2v) is 5.81. The fourth-order valence-corrected chi connectivity index (χ4v) is 2.30. The SMILES string of the molecule is C=CC(=O)NCCN(CC)c1ccc(N)cc1.N#Cc1cc([N+](=O)[O-])ccc1N. The van der Waals surface area contributed by atoms with E-state index in [4.69, 9.17) is 16.7 Å². The molecule has 2 aromatic carbocycles. The minimum absolute atomic E-state index is 0.124. The lowest BCUT2D eigenvalue weighted by Crippen LogP contribution is -2.34. The third kappa shape index (κ3) is 7.60. The first-order chi connectivity index (χ1) is 13.8. The van der Waals surface area contributed by atoms with E-state index < -0.39 is 4.92 Å². The zero-order chi connectivity index (χ0) is 21.8. The zero-order valence-corrected chi connectivity index (χ0v) is 16.2. The van der Waals surface area contributed by atoms with E-state index in [0.29, 0.717) is 6.54 Å². The lowest BCUT2D eigenvalue weighted by atomic mass is 10.2. The summed E-state index contributed by atoms with van der Waals surface area (Å²) < 4.78 is 0. The normalized spacial score (nSPS) is 9.38. The number of nitriles is 1. The predicted molar refractivity (Wildman–Crippen MR) is 114 cm³/mol. The van der Waals surface area contributed by atoms with Crippen molar-refractivity contribution in [3.8, 4) is 6.07 Å². The van der Waals surface area contributed by atoms with Crippen LogP contribution in [0, 0.1) is 21.4 Å². The maximum Gasteiger partial charge on any atom is 0.270 e. The number of nitrogens with one attached hydrogen (secondary N) is 1. The Morgan fingerprint density at radius 3 is 2.48 bits per heavy atom. The Kier molecular flexibility index (Phi) is 9.20. The van der Waals surface area contributed by atoms with E-state index in [1.807, 2.05) is 24.3 Å². The number of hydrogen-bond donors (Lipinski definition) is 3. The second kappa shape index (κ2) is 11.6. The fraction of sp³-hybridized carbons (Fsp3) is 0.200. The van der Waals surface area contributed by atoms with Crippen molar-refractivity contribution < 1.29 is 9.72 Å². The van der Waals surface area contributed by atoms with Gasteiger partial charge in [-0.15, -0.1) is 0 Å². The van der Waals surface area contributed by atoms with E-state index in [9.17, 15) is 14.9 Å². The number of likely N-dealkylation sites (N-methyl/N-ethyl adjacent to an activating group) is 1. The van der Waals surface area contributed by atoms with Crippen LogP contribution in [0.5, 0.6) is 0 Å². The Labute approximate surface area is 169 Å². The summed E-state index contributed by atoms with van der Waals surface area (Å²) in [6.45, 7) is 7.73. The van der Waals surface area contributed by atoms with Gasteiger partial charge in [0, 0.05) is 48.8 Å². The summed E-state index contributed by atoms with van der Waals surface area (Å²) in [5, 5.41) is 21.5. The highest BCUT2D eigenvalue weighted by molar-refractivity contribution is 5.86. The first kappa shape index (κ1) is 23.0. The van der Waals surface area contributed by atoms with E-state index in [2.05, 4.69) is 23.7 Å². The van der Waals surface area contributed by atoms with E-state index >= 15 is 0 Å². The summed E-state index contributed by atoms with van der Waals surface area (Å²) in [7, 11) is 0. The Morgan fingerprint density at radius 1 is 1.31 bits per heavy atom. The largest absolute Gasteiger partial charge is 0.399 e. The number of nitrogens with zero attached hydrogens (tertiary/aromatic N) is 3. The average Bonchev–Trinajstić information content (AvgIpc) is 2.72. The molecule has 5 N–H and O–H groups in total. The van der Waals surface area contributed by atoms with E-state index in [1.54, 1.807) is 6.07 Å². The molecule has 2 rings (SSSR count). The molecule has 9 nitrogen and oxygen atoms in total. The molecule has 0 unspecified atom stereocenters. The van der Waals surface area contributed by atoms with Gasteiger partial charge >= 0.3 is 0 Å². The molecule has 2 aromatic rings. The second-order valence-electron chi connectivity index (χ2n) is 5.81. The summed E-state index contributed by atoms with van der Waals surface area (Å²) >= 11 is 0. The monoisotopic (exact) mass is 396 g/mol. The van der Waals surface area contributed by atoms with Gasteiger partial charge in [-0.25, -0.2) is 0 Å². The minimum Gasteiger partial charge on any atom is -0.399 e. The number of nitro benzene ring substituents is 1. The molecular weight excluding hydrogens is 372 g/mol. The summed E-state index contributed by atoms with van der Waals surface area (Å²) in [4.78, 5) is 22.8. The van der Waals surface area contributed by atoms with Gasteiger partial charge in [-0.1, -0.05) is 6.58 Å². The molecule has 152 valence electrons. The van der Waals surface area contributed by atoms with Gasteiger partial charge in [0.1, 0.15) is 6.07 Å². The van der Waals surface area contributed by atoms with Crippen molar-refractivity contribution >= 4 is 28.7 Å². The van der Waals surface area contributed by atoms with Crippen molar-refractivity contribution in [1.82, 2.24) is 5.32 Å². The number of hydrogen-bond acceptors (Lipinski definition) is 7. The van der Waals surface area contributed by atoms with E-state index in [-0.39, 0.29) is 22.8 Å². The standard InChI is InChI=1S/C13H19N3O.C7H5N3O2/c1-3-13(17)15-9-10-16(4-2)12-7-5-11(14)6-8-12;8-4-5-3-6(10(11)12)1-2-7(5)9/h3,5-8H,1,4,9-10,14H2,2H3,(H,15,17);1-3H,9H2. The van der Waals surface area contributed by atoms with Crippen LogP contribution < -0.4 is 21.7 Å². The first-order valence-electron chi connectivity index (χ1n) is 8.77. The third-order valence-corrected chi connectivity index (χ3v) is 3.87. The number of nitrogen functional groups attached to an aromatic ring is 2. The lowest BCUT2D eigenvalue weighted by Gasteiger charge is -2.23. The van der Waals surface area contributed by atoms with Crippen molar-refractivity contribution in [3.05, 3.63) is 70.8 Å². The summed E-state index contributed by atoms with van der Waals surface area (Å²) in [5.41, 5.74) is 13.1. The van der Waals surface area contributed by atoms with Crippen LogP contribution >= 0.6 is 0 Å². The fourth-order valence-electron chi connectivity index (χ4n) is 2.30. The van der Waals surface area contributed by atoms with Gasteiger partial charge in [-0.05, 0) is 43.3 Å². The molecular formula is C20H24N6O3. The van der Waals surface area contributed by atoms with Crippen LogP contribution in [0.1, 0.15) is 12.5 Å². The molecule has 0 spiro atoms. The number of nitro groups is 1. The van der Waals surface area contributed by atoms with Crippen LogP contribution in [-0.2, 0) is 4.79 Å². The number of carbonyl (C=O) groups is 1. The minimum atomic E-state index is -0.569. The molecule has 0 bridgehead atoms. The van der Waals surface area contributed by atoms with Crippen molar-refractivity contribution in [1.29, 1.82) is 5.26 Å². The van der Waals surface area contributed by atoms with E-state index in [0.717, 1.165) is 30.5 Å². The topological polar surface area (TPSA) is 151 Å². The molecule has 0 aliphatic carbocycles. The first-order valence-corrected chi connectivity index (χ1v) is 8.77. The quantitative estimate of drug-likeness (QED) is 0.281. The molecule has 0 aliphatic heterocycles. The number of carbonyl (C=O) groups excluding carboxylic acids is 1. The summed E-state index contributed by atoms with van der Waals surface area (Å²) in [6.07, 6.45) is 1.28. The Balaban J connectivity index is 0.000000308. The maximum absolute atomic E-state index is 11.0. The van der Waals surface area contributed by atoms with Gasteiger partial charge in [0.05, 0.1) is 10.5 Å². The van der Waals surface area contributed by atoms with Crippen LogP contribution in [0.4, 0.5) is 22.7 Å². The molecule has 0 aromatic heterocycles. The third-order valence-electron chi connectivity index (χ3n) is 3.87. The molecule has 1 amide bonds. The van der Waals surface area contributed by atoms with E-state index in [1.165, 1.54) is 18.2 Å². The van der Waals surface area contributed by atoms with Crippen molar-refractivity contribution in [2.45, 2.75) is 6.92 Å². The Bertz CT molecular complexity index is 890. The highest BCUT2D eigenvalue weighted by Crippen LogP contribution is 2.18. The zero-order valence-electron chi connectivity index (χ0n) is 16.2. The van der Waals surface area contributed by atoms with Crippen LogP contribution in [0.25, 0.3) is 0 Å². The van der Waals surface area contributed by atoms with Gasteiger partial charge in [0.25, 0.3) is 5.69 Å². The van der Waals surface area contributed by atoms with Crippen LogP contribution in [0.2, 0.25) is 0 Å². The van der Waals surface area contributed by atoms with Gasteiger partial charge in [0.15, 0.2) is 0 Å². The molecule has 0 saturated heterocycles. The number of non-ortho nitro benzene ring substituents is 1. The van der Waals surface area contributed by atoms with Crippen molar-refractivity contribution in [2.75, 3.05) is 36.0 Å². The van der Waals surface area contributed by atoms with Crippen LogP contribution in [-0.4, -0.2) is 30.5 Å². The van der Waals surface area contributed by atoms with Gasteiger partial charge in [0.2, 0.25) is 5.91 Å². The molecule has 0 atom stereocenters. The molecule has 29 heavy (non-hydrogen) atoms. The van der Waals surface area contributed by atoms with Crippen molar-refractivity contribution in [3.63, 3.8) is 0 Å². The summed E-state index contributed by atoms with van der Waals surface area (Å²) in [6, 6.07) is 13.2. The lowest BCUT2D eigenvalue weighted by molar-refractivity contribution is -0.384. The maximum atomic E-state index is 11.0. The highest BCUT2D eigenvalue weighted by Gasteiger charge is 2.07. The predicted octanol–water partition coefficient (Wildman–Crippen LogP) is 2.45.